The summed E-state index contributed by atoms with van der Waals surface area (Å²) in [4.78, 5) is 12.2. The molecule has 0 unspecified atom stereocenters. The molecule has 0 atom stereocenters. The lowest BCUT2D eigenvalue weighted by atomic mass is 10.2. The van der Waals surface area contributed by atoms with Gasteiger partial charge in [-0.05, 0) is 38.8 Å². The molecule has 0 radical (unpaired) electrons. The van der Waals surface area contributed by atoms with Crippen molar-refractivity contribution in [3.8, 4) is 0 Å². The van der Waals surface area contributed by atoms with Gasteiger partial charge < -0.3 is 9.88 Å². The van der Waals surface area contributed by atoms with Crippen molar-refractivity contribution < 1.29 is 0 Å². The Labute approximate surface area is 96.5 Å². The molecule has 1 aromatic heterocycles. The number of hydrogen-bond donors (Lipinski definition) is 1. The Morgan fingerprint density at radius 3 is 2.81 bits per heavy atom. The van der Waals surface area contributed by atoms with Crippen LogP contribution in [0.25, 0.3) is 0 Å². The van der Waals surface area contributed by atoms with E-state index >= 15 is 0 Å². The molecule has 3 nitrogen and oxygen atoms in total. The number of hydrogen-bond acceptors (Lipinski definition) is 2. The first kappa shape index (κ1) is 11.4. The van der Waals surface area contributed by atoms with Crippen LogP contribution in [0.5, 0.6) is 0 Å². The molecule has 1 aliphatic rings. The van der Waals surface area contributed by atoms with Crippen molar-refractivity contribution in [2.75, 3.05) is 6.54 Å². The SMILES string of the molecule is CCCNCc1ccc(C)n(C2CC2)c1=O. The summed E-state index contributed by atoms with van der Waals surface area (Å²) in [6, 6.07) is 4.49. The van der Waals surface area contributed by atoms with E-state index in [1.165, 1.54) is 0 Å². The molecule has 0 bridgehead atoms. The standard InChI is InChI=1S/C13H20N2O/c1-3-8-14-9-11-5-4-10(2)15(13(11)16)12-6-7-12/h4-5,12,14H,3,6-9H2,1-2H3. The molecule has 0 saturated heterocycles. The number of pyridine rings is 1. The fraction of sp³-hybridized carbons (Fsp3) is 0.615. The minimum absolute atomic E-state index is 0.200. The van der Waals surface area contributed by atoms with Gasteiger partial charge in [0.25, 0.3) is 5.56 Å². The van der Waals surface area contributed by atoms with E-state index < -0.39 is 0 Å². The van der Waals surface area contributed by atoms with Gasteiger partial charge in [0.15, 0.2) is 0 Å². The fourth-order valence-corrected chi connectivity index (χ4v) is 2.01. The first-order valence-corrected chi connectivity index (χ1v) is 6.15. The molecular formula is C13H20N2O. The van der Waals surface area contributed by atoms with Gasteiger partial charge in [0.2, 0.25) is 0 Å². The molecule has 1 aromatic rings. The summed E-state index contributed by atoms with van der Waals surface area (Å²) in [5.41, 5.74) is 2.18. The van der Waals surface area contributed by atoms with Crippen LogP contribution in [0.4, 0.5) is 0 Å². The summed E-state index contributed by atoms with van der Waals surface area (Å²) in [6.07, 6.45) is 3.42. The maximum atomic E-state index is 12.2. The van der Waals surface area contributed by atoms with Crippen molar-refractivity contribution >= 4 is 0 Å². The third kappa shape index (κ3) is 2.35. The van der Waals surface area contributed by atoms with E-state index in [9.17, 15) is 4.79 Å². The second kappa shape index (κ2) is 4.83. The summed E-state index contributed by atoms with van der Waals surface area (Å²) in [6.45, 7) is 5.81. The zero-order chi connectivity index (χ0) is 11.5. The van der Waals surface area contributed by atoms with Crippen molar-refractivity contribution in [1.29, 1.82) is 0 Å². The summed E-state index contributed by atoms with van der Waals surface area (Å²) in [7, 11) is 0. The average Bonchev–Trinajstić information content (AvgIpc) is 3.06. The molecule has 1 saturated carbocycles. The van der Waals surface area contributed by atoms with Crippen LogP contribution < -0.4 is 10.9 Å². The number of aromatic nitrogens is 1. The maximum absolute atomic E-state index is 12.2. The van der Waals surface area contributed by atoms with E-state index in [1.54, 1.807) is 0 Å². The summed E-state index contributed by atoms with van der Waals surface area (Å²) in [5, 5.41) is 3.28. The number of nitrogens with zero attached hydrogens (tertiary/aromatic N) is 1. The van der Waals surface area contributed by atoms with Crippen LogP contribution >= 0.6 is 0 Å². The van der Waals surface area contributed by atoms with E-state index in [4.69, 9.17) is 0 Å². The van der Waals surface area contributed by atoms with Crippen molar-refractivity contribution in [2.45, 2.75) is 45.7 Å². The lowest BCUT2D eigenvalue weighted by Crippen LogP contribution is -2.28. The van der Waals surface area contributed by atoms with Gasteiger partial charge in [0, 0.05) is 23.8 Å². The molecule has 0 amide bonds. The quantitative estimate of drug-likeness (QED) is 0.770. The normalized spacial score (nSPS) is 15.4. The fourth-order valence-electron chi connectivity index (χ4n) is 2.01. The van der Waals surface area contributed by atoms with Gasteiger partial charge >= 0.3 is 0 Å². The summed E-state index contributed by atoms with van der Waals surface area (Å²) >= 11 is 0. The molecule has 1 N–H and O–H groups in total. The molecule has 1 aliphatic carbocycles. The molecule has 2 rings (SSSR count). The first-order valence-electron chi connectivity index (χ1n) is 6.15. The third-order valence-electron chi connectivity index (χ3n) is 3.05. The molecular weight excluding hydrogens is 200 g/mol. The van der Waals surface area contributed by atoms with E-state index in [0.717, 1.165) is 37.1 Å². The predicted octanol–water partition coefficient (Wildman–Crippen LogP) is 1.99. The zero-order valence-electron chi connectivity index (χ0n) is 10.1. The second-order valence-electron chi connectivity index (χ2n) is 4.58. The van der Waals surface area contributed by atoms with Crippen LogP contribution in [0.15, 0.2) is 16.9 Å². The Bertz CT molecular complexity index is 418. The number of rotatable bonds is 5. The van der Waals surface area contributed by atoms with E-state index in [2.05, 4.69) is 18.3 Å². The minimum atomic E-state index is 0.200. The highest BCUT2D eigenvalue weighted by atomic mass is 16.1. The molecule has 0 aliphatic heterocycles. The molecule has 3 heteroatoms. The van der Waals surface area contributed by atoms with Crippen molar-refractivity contribution in [3.63, 3.8) is 0 Å². The molecule has 1 heterocycles. The Hall–Kier alpha value is -1.09. The molecule has 1 fully saturated rings. The lowest BCUT2D eigenvalue weighted by molar-refractivity contribution is 0.636. The smallest absolute Gasteiger partial charge is 0.255 e. The van der Waals surface area contributed by atoms with Crippen LogP contribution in [-0.4, -0.2) is 11.1 Å². The Morgan fingerprint density at radius 2 is 2.19 bits per heavy atom. The van der Waals surface area contributed by atoms with Crippen LogP contribution in [0.2, 0.25) is 0 Å². The van der Waals surface area contributed by atoms with E-state index in [1.807, 2.05) is 17.6 Å². The van der Waals surface area contributed by atoms with Crippen molar-refractivity contribution in [3.05, 3.63) is 33.7 Å². The first-order chi connectivity index (χ1) is 7.74. The van der Waals surface area contributed by atoms with Crippen molar-refractivity contribution in [1.82, 2.24) is 9.88 Å². The highest BCUT2D eigenvalue weighted by Gasteiger charge is 2.26. The minimum Gasteiger partial charge on any atom is -0.312 e. The van der Waals surface area contributed by atoms with Gasteiger partial charge in [-0.1, -0.05) is 13.0 Å². The van der Waals surface area contributed by atoms with Gasteiger partial charge in [0.05, 0.1) is 0 Å². The van der Waals surface area contributed by atoms with Gasteiger partial charge in [-0.25, -0.2) is 0 Å². The lowest BCUT2D eigenvalue weighted by Gasteiger charge is -2.11. The van der Waals surface area contributed by atoms with Crippen LogP contribution in [0.3, 0.4) is 0 Å². The van der Waals surface area contributed by atoms with Gasteiger partial charge in [0.1, 0.15) is 0 Å². The van der Waals surface area contributed by atoms with Gasteiger partial charge in [-0.3, -0.25) is 4.79 Å². The average molecular weight is 220 g/mol. The molecule has 88 valence electrons. The topological polar surface area (TPSA) is 34.0 Å². The summed E-state index contributed by atoms with van der Waals surface area (Å²) < 4.78 is 1.96. The Balaban J connectivity index is 2.19. The van der Waals surface area contributed by atoms with E-state index in [-0.39, 0.29) is 5.56 Å². The van der Waals surface area contributed by atoms with Crippen LogP contribution in [0.1, 0.15) is 43.5 Å². The Kier molecular flexibility index (Phi) is 3.44. The zero-order valence-corrected chi connectivity index (χ0v) is 10.1. The van der Waals surface area contributed by atoms with Gasteiger partial charge in [-0.15, -0.1) is 0 Å². The van der Waals surface area contributed by atoms with E-state index in [0.29, 0.717) is 12.6 Å². The highest BCUT2D eigenvalue weighted by Crippen LogP contribution is 2.34. The second-order valence-corrected chi connectivity index (χ2v) is 4.58. The monoisotopic (exact) mass is 220 g/mol. The summed E-state index contributed by atoms with van der Waals surface area (Å²) in [5.74, 6) is 0. The molecule has 16 heavy (non-hydrogen) atoms. The van der Waals surface area contributed by atoms with Crippen LogP contribution in [-0.2, 0) is 6.54 Å². The predicted molar refractivity (Wildman–Crippen MR) is 65.7 cm³/mol. The molecule has 0 spiro atoms. The third-order valence-corrected chi connectivity index (χ3v) is 3.05. The molecule has 0 aromatic carbocycles. The number of nitrogens with one attached hydrogen (secondary N) is 1. The maximum Gasteiger partial charge on any atom is 0.255 e. The van der Waals surface area contributed by atoms with Crippen molar-refractivity contribution in [2.24, 2.45) is 0 Å². The van der Waals surface area contributed by atoms with Crippen LogP contribution in [0, 0.1) is 6.92 Å². The highest BCUT2D eigenvalue weighted by molar-refractivity contribution is 5.17. The largest absolute Gasteiger partial charge is 0.312 e. The van der Waals surface area contributed by atoms with Gasteiger partial charge in [-0.2, -0.15) is 0 Å². The number of aryl methyl sites for hydroxylation is 1. The Morgan fingerprint density at radius 1 is 1.44 bits per heavy atom.